The van der Waals surface area contributed by atoms with Gasteiger partial charge in [-0.2, -0.15) is 0 Å². The van der Waals surface area contributed by atoms with Gasteiger partial charge in [-0.15, -0.1) is 0 Å². The van der Waals surface area contributed by atoms with Gasteiger partial charge in [0.25, 0.3) is 0 Å². The molecule has 0 radical (unpaired) electrons. The first-order chi connectivity index (χ1) is 14.6. The van der Waals surface area contributed by atoms with Crippen molar-refractivity contribution in [3.8, 4) is 0 Å². The molecule has 4 fully saturated rings. The molecule has 4 aliphatic carbocycles. The molecule has 0 amide bonds. The highest BCUT2D eigenvalue weighted by molar-refractivity contribution is 5.52. The molecule has 4 aliphatic rings. The molecule has 12 atom stereocenters. The molecule has 0 aromatic rings. The Kier molecular flexibility index (Phi) is 6.67. The SMILES string of the molecule is CC(C=O)CCC[C@@H](C)[C@H]1CC[C@H]2[C@@H]3[C@H](O)C[C@@H]4C[C@H](O)CC[C@]4(C)[C@H]3C[C@H](O)[C@]12C. The van der Waals surface area contributed by atoms with Gasteiger partial charge in [0.1, 0.15) is 6.29 Å². The van der Waals surface area contributed by atoms with Crippen LogP contribution in [0.25, 0.3) is 0 Å². The largest absolute Gasteiger partial charge is 0.393 e. The third kappa shape index (κ3) is 3.83. The fourth-order valence-electron chi connectivity index (χ4n) is 9.16. The van der Waals surface area contributed by atoms with Gasteiger partial charge in [-0.3, -0.25) is 0 Å². The Bertz CT molecular complexity index is 651. The van der Waals surface area contributed by atoms with Gasteiger partial charge in [-0.1, -0.05) is 40.5 Å². The molecule has 4 nitrogen and oxygen atoms in total. The van der Waals surface area contributed by atoms with Gasteiger partial charge in [0, 0.05) is 5.92 Å². The number of carbonyl (C=O) groups excluding carboxylic acids is 1. The van der Waals surface area contributed by atoms with Crippen LogP contribution in [0.1, 0.15) is 91.9 Å². The van der Waals surface area contributed by atoms with Crippen LogP contribution >= 0.6 is 0 Å². The topological polar surface area (TPSA) is 77.8 Å². The molecule has 1 unspecified atom stereocenters. The van der Waals surface area contributed by atoms with Crippen LogP contribution in [0.3, 0.4) is 0 Å². The van der Waals surface area contributed by atoms with E-state index in [1.54, 1.807) is 0 Å². The molecular weight excluding hydrogens is 388 g/mol. The number of fused-ring (bicyclic) bond motifs is 5. The summed E-state index contributed by atoms with van der Waals surface area (Å²) in [5.41, 5.74) is 0.0231. The second-order valence-corrected chi connectivity index (χ2v) is 12.5. The summed E-state index contributed by atoms with van der Waals surface area (Å²) in [5.74, 6) is 2.59. The van der Waals surface area contributed by atoms with Crippen LogP contribution in [-0.2, 0) is 4.79 Å². The average Bonchev–Trinajstić information content (AvgIpc) is 3.08. The molecule has 31 heavy (non-hydrogen) atoms. The lowest BCUT2D eigenvalue weighted by molar-refractivity contribution is -0.207. The Morgan fingerprint density at radius 1 is 0.968 bits per heavy atom. The predicted octanol–water partition coefficient (Wildman–Crippen LogP) is 4.59. The van der Waals surface area contributed by atoms with Crippen molar-refractivity contribution < 1.29 is 20.1 Å². The minimum Gasteiger partial charge on any atom is -0.393 e. The maximum atomic E-state index is 11.6. The molecule has 0 aliphatic heterocycles. The second-order valence-electron chi connectivity index (χ2n) is 12.5. The summed E-state index contributed by atoms with van der Waals surface area (Å²) in [5, 5.41) is 33.2. The van der Waals surface area contributed by atoms with Gasteiger partial charge < -0.3 is 20.1 Å². The molecule has 3 N–H and O–H groups in total. The normalized spacial score (nSPS) is 51.3. The zero-order valence-corrected chi connectivity index (χ0v) is 20.2. The number of aliphatic hydroxyl groups is 3. The van der Waals surface area contributed by atoms with Crippen LogP contribution in [-0.4, -0.2) is 39.9 Å². The summed E-state index contributed by atoms with van der Waals surface area (Å²) in [7, 11) is 0. The first-order valence-corrected chi connectivity index (χ1v) is 13.1. The Morgan fingerprint density at radius 3 is 2.42 bits per heavy atom. The molecular formula is C27H46O4. The molecule has 0 aromatic heterocycles. The van der Waals surface area contributed by atoms with Crippen molar-refractivity contribution in [1.29, 1.82) is 0 Å². The summed E-state index contributed by atoms with van der Waals surface area (Å²) in [6.45, 7) is 9.07. The van der Waals surface area contributed by atoms with Crippen LogP contribution in [0.15, 0.2) is 0 Å². The van der Waals surface area contributed by atoms with E-state index in [4.69, 9.17) is 0 Å². The van der Waals surface area contributed by atoms with E-state index in [2.05, 4.69) is 20.8 Å². The van der Waals surface area contributed by atoms with E-state index in [9.17, 15) is 20.1 Å². The van der Waals surface area contributed by atoms with Gasteiger partial charge in [-0.05, 0) is 97.7 Å². The molecule has 0 aromatic carbocycles. The summed E-state index contributed by atoms with van der Waals surface area (Å²) >= 11 is 0. The zero-order chi connectivity index (χ0) is 22.6. The lowest BCUT2D eigenvalue weighted by Crippen LogP contribution is -2.62. The quantitative estimate of drug-likeness (QED) is 0.534. The van der Waals surface area contributed by atoms with E-state index < -0.39 is 0 Å². The highest BCUT2D eigenvalue weighted by Gasteiger charge is 2.65. The maximum Gasteiger partial charge on any atom is 0.122 e. The summed E-state index contributed by atoms with van der Waals surface area (Å²) < 4.78 is 0. The monoisotopic (exact) mass is 434 g/mol. The molecule has 178 valence electrons. The Balaban J connectivity index is 1.53. The van der Waals surface area contributed by atoms with Crippen molar-refractivity contribution in [2.45, 2.75) is 110 Å². The van der Waals surface area contributed by atoms with Crippen LogP contribution in [0.4, 0.5) is 0 Å². The van der Waals surface area contributed by atoms with Gasteiger partial charge in [0.2, 0.25) is 0 Å². The number of aldehydes is 1. The molecule has 4 saturated carbocycles. The standard InChI is InChI=1S/C27H46O4/c1-16(15-28)6-5-7-17(2)20-8-9-21-25-22(14-24(31)27(20,21)4)26(3)11-10-19(29)12-18(26)13-23(25)30/h15-25,29-31H,5-14H2,1-4H3/t16?,17-,18+,19-,20-,21+,22+,23-,24+,25+,26+,27-/m1/s1. The van der Waals surface area contributed by atoms with Crippen LogP contribution in [0.2, 0.25) is 0 Å². The van der Waals surface area contributed by atoms with Crippen molar-refractivity contribution in [2.24, 2.45) is 52.3 Å². The van der Waals surface area contributed by atoms with Gasteiger partial charge >= 0.3 is 0 Å². The Morgan fingerprint density at radius 2 is 1.71 bits per heavy atom. The van der Waals surface area contributed by atoms with Crippen molar-refractivity contribution in [3.63, 3.8) is 0 Å². The van der Waals surface area contributed by atoms with E-state index in [1.807, 2.05) is 6.92 Å². The molecule has 0 spiro atoms. The summed E-state index contributed by atoms with van der Waals surface area (Å²) in [6, 6.07) is 0. The van der Waals surface area contributed by atoms with E-state index in [0.717, 1.165) is 70.5 Å². The van der Waals surface area contributed by atoms with Gasteiger partial charge in [-0.25, -0.2) is 0 Å². The summed E-state index contributed by atoms with van der Waals surface area (Å²) in [6.07, 6.45) is 9.98. The lowest BCUT2D eigenvalue weighted by atomic mass is 9.43. The Hall–Kier alpha value is -0.450. The van der Waals surface area contributed by atoms with Crippen molar-refractivity contribution >= 4 is 6.29 Å². The maximum absolute atomic E-state index is 11.6. The number of hydrogen-bond donors (Lipinski definition) is 3. The van der Waals surface area contributed by atoms with Crippen LogP contribution in [0.5, 0.6) is 0 Å². The molecule has 0 heterocycles. The highest BCUT2D eigenvalue weighted by Crippen LogP contribution is 2.68. The minimum absolute atomic E-state index is 0.116. The van der Waals surface area contributed by atoms with Gasteiger partial charge in [0.05, 0.1) is 18.3 Å². The highest BCUT2D eigenvalue weighted by atomic mass is 16.3. The molecule has 0 bridgehead atoms. The average molecular weight is 435 g/mol. The van der Waals surface area contributed by atoms with E-state index >= 15 is 0 Å². The number of rotatable bonds is 6. The minimum atomic E-state index is -0.308. The zero-order valence-electron chi connectivity index (χ0n) is 20.2. The predicted molar refractivity (Wildman–Crippen MR) is 122 cm³/mol. The van der Waals surface area contributed by atoms with Crippen molar-refractivity contribution in [1.82, 2.24) is 0 Å². The van der Waals surface area contributed by atoms with Crippen molar-refractivity contribution in [3.05, 3.63) is 0 Å². The number of hydrogen-bond acceptors (Lipinski definition) is 4. The third-order valence-corrected chi connectivity index (χ3v) is 11.1. The van der Waals surface area contributed by atoms with Crippen LogP contribution < -0.4 is 0 Å². The van der Waals surface area contributed by atoms with Crippen LogP contribution in [0, 0.1) is 52.3 Å². The molecule has 0 saturated heterocycles. The smallest absolute Gasteiger partial charge is 0.122 e. The van der Waals surface area contributed by atoms with Gasteiger partial charge in [0.15, 0.2) is 0 Å². The fraction of sp³-hybridized carbons (Fsp3) is 0.963. The number of carbonyl (C=O) groups is 1. The Labute approximate surface area is 189 Å². The first kappa shape index (κ1) is 23.7. The number of aliphatic hydroxyl groups excluding tert-OH is 3. The van der Waals surface area contributed by atoms with E-state index in [0.29, 0.717) is 29.6 Å². The molecule has 4 heteroatoms. The first-order valence-electron chi connectivity index (χ1n) is 13.1. The third-order valence-electron chi connectivity index (χ3n) is 11.1. The fourth-order valence-corrected chi connectivity index (χ4v) is 9.16. The van der Waals surface area contributed by atoms with E-state index in [-0.39, 0.29) is 41.0 Å². The molecule has 4 rings (SSSR count). The second kappa shape index (κ2) is 8.72. The van der Waals surface area contributed by atoms with E-state index in [1.165, 1.54) is 0 Å². The lowest BCUT2D eigenvalue weighted by Gasteiger charge is -2.63. The van der Waals surface area contributed by atoms with Crippen molar-refractivity contribution in [2.75, 3.05) is 0 Å². The summed E-state index contributed by atoms with van der Waals surface area (Å²) in [4.78, 5) is 11.0.